The van der Waals surface area contributed by atoms with E-state index in [0.29, 0.717) is 11.1 Å². The zero-order valence-electron chi connectivity index (χ0n) is 53.9. The molecule has 78 heavy (non-hydrogen) atoms. The second kappa shape index (κ2) is 15.3. The number of hydrogen-bond donors (Lipinski definition) is 0. The Morgan fingerprint density at radius 2 is 0.833 bits per heavy atom. The van der Waals surface area contributed by atoms with Crippen LogP contribution in [0, 0.1) is 0 Å². The summed E-state index contributed by atoms with van der Waals surface area (Å²) in [6, 6.07) is 52.8. The van der Waals surface area contributed by atoms with E-state index in [1.807, 2.05) is 24.3 Å². The first-order chi connectivity index (χ1) is 42.1. The molecule has 4 aromatic heterocycles. The Hall–Kier alpha value is -9.12. The quantitative estimate of drug-likeness (QED) is 0.153. The molecule has 0 radical (unpaired) electrons. The van der Waals surface area contributed by atoms with Crippen molar-refractivity contribution in [1.29, 1.82) is 0 Å². The van der Waals surface area contributed by atoms with E-state index in [-0.39, 0.29) is 46.1 Å². The lowest BCUT2D eigenvalue weighted by molar-refractivity contribution is 0.591. The molecule has 3 nitrogen and oxygen atoms in total. The fourth-order valence-electron chi connectivity index (χ4n) is 13.9. The Bertz CT molecular complexity index is 5800. The average Bonchev–Trinajstić information content (AvgIpc) is 1.45. The van der Waals surface area contributed by atoms with Crippen LogP contribution >= 0.6 is 0 Å². The molecule has 368 valence electrons. The molecule has 15 aromatic rings. The van der Waals surface area contributed by atoms with E-state index >= 15 is 0 Å². The van der Waals surface area contributed by atoms with Crippen molar-refractivity contribution in [3.05, 3.63) is 229 Å². The van der Waals surface area contributed by atoms with E-state index in [1.54, 1.807) is 0 Å². The van der Waals surface area contributed by atoms with E-state index in [4.69, 9.17) is 8.22 Å². The highest BCUT2D eigenvalue weighted by molar-refractivity contribution is 7.00. The summed E-state index contributed by atoms with van der Waals surface area (Å²) in [5.74, 6) is 0. The van der Waals surface area contributed by atoms with E-state index < -0.39 is 43.0 Å². The van der Waals surface area contributed by atoms with Gasteiger partial charge in [0.25, 0.3) is 6.71 Å². The zero-order chi connectivity index (χ0) is 60.8. The standard InChI is InChI=1S/C74H54BN3/c1-73(2,3)47-32-34-63-56(40-47)58-36-45(43-20-9-7-10-21-43)38-60-70(58)77(63)66-42-65-67(55-30-19-29-54-52-27-16-14-25-50(52)49-24-13-15-26-51(49)53-28-17-18-31-62(53)76(65)69(54)55)72-68(66)75(60)61-39-46(44-22-11-8-12-23-44)37-59-57-41-48(74(4,5)6)33-35-64(57)78(72)71(59)61/h7-42H,1-6H3/i7D,8D,9D,10D,11D,12D,20D,21D,22D,23D. The number of rotatable bonds is 2. The summed E-state index contributed by atoms with van der Waals surface area (Å²) in [4.78, 5) is 0. The van der Waals surface area contributed by atoms with Crippen molar-refractivity contribution in [2.45, 2.75) is 52.4 Å². The Morgan fingerprint density at radius 1 is 0.359 bits per heavy atom. The van der Waals surface area contributed by atoms with Crippen LogP contribution in [0.2, 0.25) is 0 Å². The van der Waals surface area contributed by atoms with Crippen LogP contribution < -0.4 is 16.4 Å². The molecule has 4 heteroatoms. The molecule has 0 saturated heterocycles. The van der Waals surface area contributed by atoms with Gasteiger partial charge in [0.05, 0.1) is 47.0 Å². The molecule has 2 aliphatic rings. The van der Waals surface area contributed by atoms with E-state index in [0.717, 1.165) is 142 Å². The number of aromatic nitrogens is 3. The van der Waals surface area contributed by atoms with Gasteiger partial charge >= 0.3 is 0 Å². The summed E-state index contributed by atoms with van der Waals surface area (Å²) in [5.41, 5.74) is 14.0. The molecule has 0 aliphatic carbocycles. The minimum atomic E-state index is -0.646. The summed E-state index contributed by atoms with van der Waals surface area (Å²) in [6.07, 6.45) is 0. The number of benzene rings is 11. The summed E-state index contributed by atoms with van der Waals surface area (Å²) in [6.45, 7) is 12.5. The summed E-state index contributed by atoms with van der Waals surface area (Å²) < 4.78 is 98.8. The van der Waals surface area contributed by atoms with Crippen LogP contribution in [-0.2, 0) is 10.8 Å². The molecular formula is C74H54BN3. The Kier molecular flexibility index (Phi) is 6.92. The van der Waals surface area contributed by atoms with Crippen LogP contribution in [0.4, 0.5) is 0 Å². The van der Waals surface area contributed by atoms with Gasteiger partial charge in [-0.3, -0.25) is 0 Å². The average molecular weight is 1010 g/mol. The van der Waals surface area contributed by atoms with Gasteiger partial charge in [-0.15, -0.1) is 0 Å². The SMILES string of the molecule is [2H]c1c([2H])c([2H])c(-c2cc3c4c(c2)c2cc(C(C)(C)C)ccc2n4-c2cc4c(c5c2B3c2cc(-c3c([2H])c([2H])c([2H])c([2H])c3[2H])cc3c6cc(C(C)(C)C)ccc6n-5c23)c2cccc3c5ccccc5c5ccccc5c5ccccc5n4c32)c([2H])c1[2H]. The third kappa shape index (κ3) is 5.79. The van der Waals surface area contributed by atoms with Crippen molar-refractivity contribution < 1.29 is 13.7 Å². The maximum atomic E-state index is 9.52. The summed E-state index contributed by atoms with van der Waals surface area (Å²) >= 11 is 0. The second-order valence-electron chi connectivity index (χ2n) is 23.7. The van der Waals surface area contributed by atoms with Crippen molar-refractivity contribution in [2.24, 2.45) is 0 Å². The van der Waals surface area contributed by atoms with Crippen LogP contribution in [0.5, 0.6) is 0 Å². The van der Waals surface area contributed by atoms with Crippen LogP contribution in [0.1, 0.15) is 66.4 Å². The first kappa shape index (κ1) is 35.3. The molecule has 0 N–H and O–H groups in total. The lowest BCUT2D eigenvalue weighted by Gasteiger charge is -2.35. The highest BCUT2D eigenvalue weighted by atomic mass is 15.0. The number of hydrogen-bond acceptors (Lipinski definition) is 0. The predicted octanol–water partition coefficient (Wildman–Crippen LogP) is 17.5. The minimum Gasteiger partial charge on any atom is -0.310 e. The molecule has 0 unspecified atom stereocenters. The minimum absolute atomic E-state index is 0.0914. The van der Waals surface area contributed by atoms with Crippen LogP contribution in [0.25, 0.3) is 137 Å². The zero-order valence-corrected chi connectivity index (χ0v) is 43.9. The summed E-state index contributed by atoms with van der Waals surface area (Å²) in [5, 5.41) is 12.3. The maximum absolute atomic E-state index is 9.52. The molecule has 0 atom stereocenters. The van der Waals surface area contributed by atoms with E-state index in [2.05, 4.69) is 189 Å². The molecule has 6 heterocycles. The highest BCUT2D eigenvalue weighted by Crippen LogP contribution is 2.48. The Labute approximate surface area is 467 Å². The van der Waals surface area contributed by atoms with Gasteiger partial charge in [-0.1, -0.05) is 211 Å². The topological polar surface area (TPSA) is 14.3 Å². The predicted molar refractivity (Wildman–Crippen MR) is 335 cm³/mol. The van der Waals surface area contributed by atoms with E-state index in [1.165, 1.54) is 0 Å². The van der Waals surface area contributed by atoms with E-state index in [9.17, 15) is 5.48 Å². The largest absolute Gasteiger partial charge is 0.310 e. The molecular weight excluding hydrogens is 942 g/mol. The van der Waals surface area contributed by atoms with Gasteiger partial charge in [-0.05, 0) is 131 Å². The van der Waals surface area contributed by atoms with Gasteiger partial charge in [0.1, 0.15) is 0 Å². The van der Waals surface area contributed by atoms with Crippen LogP contribution in [0.3, 0.4) is 0 Å². The Balaban J connectivity index is 1.18. The third-order valence-electron chi connectivity index (χ3n) is 17.4. The first-order valence-electron chi connectivity index (χ1n) is 32.0. The Morgan fingerprint density at radius 3 is 1.40 bits per heavy atom. The van der Waals surface area contributed by atoms with Gasteiger partial charge in [0, 0.05) is 59.8 Å². The molecule has 0 amide bonds. The lowest BCUT2D eigenvalue weighted by atomic mass is 9.34. The fourth-order valence-corrected chi connectivity index (χ4v) is 13.9. The second-order valence-corrected chi connectivity index (χ2v) is 23.7. The molecule has 17 rings (SSSR count). The fraction of sp³-hybridized carbons (Fsp3) is 0.108. The van der Waals surface area contributed by atoms with Crippen molar-refractivity contribution in [2.75, 3.05) is 0 Å². The smallest absolute Gasteiger partial charge is 0.252 e. The normalized spacial score (nSPS) is 15.0. The van der Waals surface area contributed by atoms with Crippen LogP contribution in [-0.4, -0.2) is 20.2 Å². The molecule has 2 aliphatic heterocycles. The molecule has 0 bridgehead atoms. The van der Waals surface area contributed by atoms with Crippen molar-refractivity contribution in [3.8, 4) is 33.6 Å². The number of nitrogens with zero attached hydrogens (tertiary/aromatic N) is 3. The van der Waals surface area contributed by atoms with Gasteiger partial charge in [-0.2, -0.15) is 0 Å². The molecule has 0 spiro atoms. The highest BCUT2D eigenvalue weighted by Gasteiger charge is 2.43. The summed E-state index contributed by atoms with van der Waals surface area (Å²) in [7, 11) is 0. The molecule has 0 saturated carbocycles. The monoisotopic (exact) mass is 1010 g/mol. The lowest BCUT2D eigenvalue weighted by Crippen LogP contribution is -2.59. The van der Waals surface area contributed by atoms with Crippen LogP contribution in [0.15, 0.2) is 218 Å². The van der Waals surface area contributed by atoms with Gasteiger partial charge in [0.15, 0.2) is 0 Å². The van der Waals surface area contributed by atoms with Gasteiger partial charge in [0.2, 0.25) is 0 Å². The molecule has 11 aromatic carbocycles. The van der Waals surface area contributed by atoms with Gasteiger partial charge in [-0.25, -0.2) is 0 Å². The maximum Gasteiger partial charge on any atom is 0.252 e. The molecule has 0 fully saturated rings. The third-order valence-corrected chi connectivity index (χ3v) is 17.4. The van der Waals surface area contributed by atoms with Gasteiger partial charge < -0.3 is 13.5 Å². The first-order valence-corrected chi connectivity index (χ1v) is 27.0. The van der Waals surface area contributed by atoms with Crippen molar-refractivity contribution >= 4 is 126 Å². The van der Waals surface area contributed by atoms with Crippen molar-refractivity contribution in [3.63, 3.8) is 0 Å². The number of fused-ring (bicyclic) bond motifs is 21. The van der Waals surface area contributed by atoms with Crippen molar-refractivity contribution in [1.82, 2.24) is 13.5 Å². The number of para-hydroxylation sites is 2.